The first-order valence-electron chi connectivity index (χ1n) is 5.77. The first-order chi connectivity index (χ1) is 8.60. The lowest BCUT2D eigenvalue weighted by atomic mass is 10.1. The molecule has 0 unspecified atom stereocenters. The highest BCUT2D eigenvalue weighted by Crippen LogP contribution is 2.28. The van der Waals surface area contributed by atoms with E-state index in [1.165, 1.54) is 9.75 Å². The summed E-state index contributed by atoms with van der Waals surface area (Å²) in [6.45, 7) is 5.18. The van der Waals surface area contributed by atoms with Gasteiger partial charge in [0.05, 0.1) is 0 Å². The normalized spacial score (nSPS) is 10.7. The molecule has 0 aliphatic heterocycles. The second-order valence-electron chi connectivity index (χ2n) is 4.23. The Morgan fingerprint density at radius 2 is 1.78 bits per heavy atom. The highest BCUT2D eigenvalue weighted by atomic mass is 35.5. The van der Waals surface area contributed by atoms with Gasteiger partial charge in [0, 0.05) is 21.3 Å². The third kappa shape index (κ3) is 3.05. The molecule has 2 nitrogen and oxygen atoms in total. The summed E-state index contributed by atoms with van der Waals surface area (Å²) < 4.78 is 5.88. The molecule has 1 aromatic heterocycles. The average Bonchev–Trinajstić information content (AvgIpc) is 2.75. The zero-order valence-electron chi connectivity index (χ0n) is 10.5. The Balaban J connectivity index is 2.10. The number of halogens is 1. The van der Waals surface area contributed by atoms with Gasteiger partial charge in [0.2, 0.25) is 0 Å². The van der Waals surface area contributed by atoms with E-state index in [4.69, 9.17) is 22.1 Å². The molecule has 0 saturated heterocycles. The predicted molar refractivity (Wildman–Crippen MR) is 77.5 cm³/mol. The monoisotopic (exact) mass is 281 g/mol. The van der Waals surface area contributed by atoms with Crippen molar-refractivity contribution < 1.29 is 4.74 Å². The fraction of sp³-hybridized carbons (Fsp3) is 0.286. The molecule has 96 valence electrons. The quantitative estimate of drug-likeness (QED) is 0.917. The summed E-state index contributed by atoms with van der Waals surface area (Å²) in [6, 6.07) is 7.95. The van der Waals surface area contributed by atoms with Crippen LogP contribution in [0.5, 0.6) is 5.75 Å². The molecule has 1 heterocycles. The van der Waals surface area contributed by atoms with E-state index in [1.54, 1.807) is 11.3 Å². The van der Waals surface area contributed by atoms with E-state index in [-0.39, 0.29) is 0 Å². The molecule has 2 N–H and O–H groups in total. The molecule has 2 rings (SSSR count). The van der Waals surface area contributed by atoms with E-state index >= 15 is 0 Å². The molecule has 0 atom stereocenters. The van der Waals surface area contributed by atoms with Crippen molar-refractivity contribution in [3.63, 3.8) is 0 Å². The van der Waals surface area contributed by atoms with Crippen molar-refractivity contribution in [2.75, 3.05) is 0 Å². The summed E-state index contributed by atoms with van der Waals surface area (Å²) in [5.74, 6) is 0.919. The number of rotatable bonds is 4. The van der Waals surface area contributed by atoms with E-state index in [2.05, 4.69) is 6.07 Å². The minimum atomic E-state index is 0.577. The van der Waals surface area contributed by atoms with Crippen LogP contribution >= 0.6 is 22.9 Å². The van der Waals surface area contributed by atoms with Crippen molar-refractivity contribution in [1.29, 1.82) is 0 Å². The topological polar surface area (TPSA) is 35.2 Å². The summed E-state index contributed by atoms with van der Waals surface area (Å²) in [6.07, 6.45) is 0. The SMILES string of the molecule is Cc1cc(Cl)cc(C)c1OCc1ccc(CN)s1. The molecule has 0 aliphatic rings. The zero-order valence-corrected chi connectivity index (χ0v) is 12.1. The highest BCUT2D eigenvalue weighted by molar-refractivity contribution is 7.11. The Bertz CT molecular complexity index is 527. The lowest BCUT2D eigenvalue weighted by Gasteiger charge is -2.11. The van der Waals surface area contributed by atoms with Crippen LogP contribution in [-0.4, -0.2) is 0 Å². The Kier molecular flexibility index (Phi) is 4.27. The van der Waals surface area contributed by atoms with E-state index in [0.29, 0.717) is 13.2 Å². The number of hydrogen-bond donors (Lipinski definition) is 1. The van der Waals surface area contributed by atoms with Crippen molar-refractivity contribution in [2.45, 2.75) is 27.0 Å². The molecule has 0 saturated carbocycles. The van der Waals surface area contributed by atoms with Gasteiger partial charge in [-0.3, -0.25) is 0 Å². The fourth-order valence-electron chi connectivity index (χ4n) is 1.88. The van der Waals surface area contributed by atoms with Gasteiger partial charge in [-0.25, -0.2) is 0 Å². The van der Waals surface area contributed by atoms with Crippen LogP contribution in [0, 0.1) is 13.8 Å². The van der Waals surface area contributed by atoms with Gasteiger partial charge in [0.1, 0.15) is 12.4 Å². The van der Waals surface area contributed by atoms with Crippen LogP contribution in [0.25, 0.3) is 0 Å². The van der Waals surface area contributed by atoms with Crippen molar-refractivity contribution in [1.82, 2.24) is 0 Å². The van der Waals surface area contributed by atoms with Gasteiger partial charge in [0.25, 0.3) is 0 Å². The molecule has 4 heteroatoms. The summed E-state index contributed by atoms with van der Waals surface area (Å²) in [5, 5.41) is 0.749. The second kappa shape index (κ2) is 5.74. The van der Waals surface area contributed by atoms with Crippen LogP contribution in [0.15, 0.2) is 24.3 Å². The molecule has 0 amide bonds. The maximum Gasteiger partial charge on any atom is 0.125 e. The Labute approximate surface area is 116 Å². The third-order valence-corrected chi connectivity index (χ3v) is 4.00. The first kappa shape index (κ1) is 13.4. The van der Waals surface area contributed by atoms with Gasteiger partial charge < -0.3 is 10.5 Å². The van der Waals surface area contributed by atoms with E-state index in [1.807, 2.05) is 32.0 Å². The number of thiophene rings is 1. The van der Waals surface area contributed by atoms with Crippen LogP contribution in [0.1, 0.15) is 20.9 Å². The second-order valence-corrected chi connectivity index (χ2v) is 5.92. The van der Waals surface area contributed by atoms with Crippen LogP contribution in [0.4, 0.5) is 0 Å². The molecule has 0 radical (unpaired) electrons. The fourth-order valence-corrected chi connectivity index (χ4v) is 3.02. The van der Waals surface area contributed by atoms with Crippen LogP contribution in [0.3, 0.4) is 0 Å². The highest BCUT2D eigenvalue weighted by Gasteiger charge is 2.07. The van der Waals surface area contributed by atoms with Gasteiger partial charge in [0.15, 0.2) is 0 Å². The first-order valence-corrected chi connectivity index (χ1v) is 6.97. The van der Waals surface area contributed by atoms with E-state index in [0.717, 1.165) is 21.9 Å². The predicted octanol–water partition coefficient (Wildman–Crippen LogP) is 4.06. The van der Waals surface area contributed by atoms with Gasteiger partial charge in [-0.15, -0.1) is 11.3 Å². The number of aryl methyl sites for hydroxylation is 2. The molecule has 18 heavy (non-hydrogen) atoms. The van der Waals surface area contributed by atoms with E-state index < -0.39 is 0 Å². The molecule has 0 bridgehead atoms. The summed E-state index contributed by atoms with van der Waals surface area (Å²) in [5.41, 5.74) is 7.72. The summed E-state index contributed by atoms with van der Waals surface area (Å²) in [7, 11) is 0. The molecule has 0 aliphatic carbocycles. The summed E-state index contributed by atoms with van der Waals surface area (Å²) >= 11 is 7.69. The van der Waals surface area contributed by atoms with Crippen molar-refractivity contribution in [3.05, 3.63) is 50.2 Å². The minimum Gasteiger partial charge on any atom is -0.488 e. The molecule has 0 fully saturated rings. The van der Waals surface area contributed by atoms with Crippen LogP contribution in [0.2, 0.25) is 5.02 Å². The molecular formula is C14H16ClNOS. The Morgan fingerprint density at radius 3 is 2.33 bits per heavy atom. The number of nitrogens with two attached hydrogens (primary N) is 1. The maximum atomic E-state index is 5.99. The van der Waals surface area contributed by atoms with Crippen molar-refractivity contribution in [3.8, 4) is 5.75 Å². The maximum absolute atomic E-state index is 5.99. The van der Waals surface area contributed by atoms with Crippen molar-refractivity contribution >= 4 is 22.9 Å². The van der Waals surface area contributed by atoms with Crippen LogP contribution < -0.4 is 10.5 Å². The molecule has 0 spiro atoms. The third-order valence-electron chi connectivity index (χ3n) is 2.70. The zero-order chi connectivity index (χ0) is 13.1. The lowest BCUT2D eigenvalue weighted by molar-refractivity contribution is 0.305. The number of hydrogen-bond acceptors (Lipinski definition) is 3. The number of benzene rings is 1. The van der Waals surface area contributed by atoms with Crippen molar-refractivity contribution in [2.24, 2.45) is 5.73 Å². The standard InChI is InChI=1S/C14H16ClNOS/c1-9-5-11(15)6-10(2)14(9)17-8-13-4-3-12(7-16)18-13/h3-6H,7-8,16H2,1-2H3. The summed E-state index contributed by atoms with van der Waals surface area (Å²) in [4.78, 5) is 2.36. The molecular weight excluding hydrogens is 266 g/mol. The smallest absolute Gasteiger partial charge is 0.125 e. The van der Waals surface area contributed by atoms with Crippen LogP contribution in [-0.2, 0) is 13.2 Å². The molecule has 2 aromatic rings. The Morgan fingerprint density at radius 1 is 1.17 bits per heavy atom. The van der Waals surface area contributed by atoms with E-state index in [9.17, 15) is 0 Å². The van der Waals surface area contributed by atoms with Gasteiger partial charge >= 0.3 is 0 Å². The lowest BCUT2D eigenvalue weighted by Crippen LogP contribution is -1.97. The van der Waals surface area contributed by atoms with Gasteiger partial charge in [-0.1, -0.05) is 11.6 Å². The largest absolute Gasteiger partial charge is 0.488 e. The van der Waals surface area contributed by atoms with Gasteiger partial charge in [-0.2, -0.15) is 0 Å². The Hall–Kier alpha value is -1.03. The number of ether oxygens (including phenoxy) is 1. The van der Waals surface area contributed by atoms with Gasteiger partial charge in [-0.05, 0) is 49.2 Å². The molecule has 1 aromatic carbocycles. The minimum absolute atomic E-state index is 0.577. The average molecular weight is 282 g/mol.